The van der Waals surface area contributed by atoms with E-state index in [1.807, 2.05) is 0 Å². The molecule has 122 valence electrons. The van der Waals surface area contributed by atoms with E-state index in [0.29, 0.717) is 23.9 Å². The third-order valence-corrected chi connectivity index (χ3v) is 4.16. The van der Waals surface area contributed by atoms with Crippen LogP contribution < -0.4 is 15.1 Å². The van der Waals surface area contributed by atoms with E-state index in [1.165, 1.54) is 11.1 Å². The average Bonchev–Trinajstić information content (AvgIpc) is 3.00. The predicted molar refractivity (Wildman–Crippen MR) is 85.3 cm³/mol. The molecule has 0 saturated carbocycles. The zero-order valence-corrected chi connectivity index (χ0v) is 12.6. The molecule has 2 aromatic heterocycles. The van der Waals surface area contributed by atoms with E-state index < -0.39 is 5.97 Å². The summed E-state index contributed by atoms with van der Waals surface area (Å²) in [6.45, 7) is 1.46. The smallest absolute Gasteiger partial charge is 0.374 e. The van der Waals surface area contributed by atoms with Gasteiger partial charge in [0.1, 0.15) is 5.82 Å². The minimum atomic E-state index is -1.23. The van der Waals surface area contributed by atoms with Gasteiger partial charge in [-0.1, -0.05) is 6.07 Å². The van der Waals surface area contributed by atoms with E-state index in [1.54, 1.807) is 24.4 Å². The molecule has 0 spiro atoms. The van der Waals surface area contributed by atoms with Crippen LogP contribution in [0.3, 0.4) is 0 Å². The maximum absolute atomic E-state index is 12.7. The van der Waals surface area contributed by atoms with Gasteiger partial charge in [0.2, 0.25) is 5.82 Å². The Balaban J connectivity index is 1.72. The second kappa shape index (κ2) is 5.44. The van der Waals surface area contributed by atoms with Gasteiger partial charge in [0, 0.05) is 19.3 Å². The Morgan fingerprint density at radius 3 is 2.92 bits per heavy atom. The van der Waals surface area contributed by atoms with E-state index in [2.05, 4.69) is 25.2 Å². The van der Waals surface area contributed by atoms with Gasteiger partial charge >= 0.3 is 12.0 Å². The molecule has 4 heterocycles. The molecule has 0 aliphatic carbocycles. The second-order valence-electron chi connectivity index (χ2n) is 5.61. The van der Waals surface area contributed by atoms with E-state index in [0.717, 1.165) is 13.0 Å². The summed E-state index contributed by atoms with van der Waals surface area (Å²) < 4.78 is 0. The first kappa shape index (κ1) is 14.4. The standard InChI is InChI=1S/C15H14N6O3/c22-14(23)12-17-7-10-13(19-12)21(9-4-6-20(10)8-9)15(24)18-11-3-1-2-5-16-11/h1-3,5,7,9H,4,6,8H2,(H,22,23)(H,16,18,24)/t9-/m0/s1. The lowest BCUT2D eigenvalue weighted by atomic mass is 10.2. The highest BCUT2D eigenvalue weighted by molar-refractivity contribution is 6.04. The van der Waals surface area contributed by atoms with Gasteiger partial charge in [-0.15, -0.1) is 0 Å². The van der Waals surface area contributed by atoms with Crippen molar-refractivity contribution in [3.8, 4) is 0 Å². The summed E-state index contributed by atoms with van der Waals surface area (Å²) >= 11 is 0. The molecule has 0 unspecified atom stereocenters. The van der Waals surface area contributed by atoms with Crippen molar-refractivity contribution in [3.63, 3.8) is 0 Å². The number of nitrogens with one attached hydrogen (secondary N) is 1. The molecule has 0 radical (unpaired) electrons. The summed E-state index contributed by atoms with van der Waals surface area (Å²) in [7, 11) is 0. The van der Waals surface area contributed by atoms with Gasteiger partial charge in [-0.05, 0) is 18.6 Å². The van der Waals surface area contributed by atoms with Gasteiger partial charge in [0.15, 0.2) is 5.82 Å². The minimum Gasteiger partial charge on any atom is -0.475 e. The molecule has 2 aromatic rings. The Morgan fingerprint density at radius 2 is 2.17 bits per heavy atom. The van der Waals surface area contributed by atoms with Crippen molar-refractivity contribution in [1.29, 1.82) is 0 Å². The Morgan fingerprint density at radius 1 is 1.29 bits per heavy atom. The number of fused-ring (bicyclic) bond motifs is 4. The van der Waals surface area contributed by atoms with E-state index >= 15 is 0 Å². The van der Waals surface area contributed by atoms with Gasteiger partial charge in [0.05, 0.1) is 17.9 Å². The van der Waals surface area contributed by atoms with Crippen LogP contribution in [-0.4, -0.2) is 51.2 Å². The number of anilines is 3. The highest BCUT2D eigenvalue weighted by atomic mass is 16.4. The maximum atomic E-state index is 12.7. The van der Waals surface area contributed by atoms with Crippen molar-refractivity contribution in [2.24, 2.45) is 0 Å². The average molecular weight is 326 g/mol. The van der Waals surface area contributed by atoms with Gasteiger partial charge in [-0.2, -0.15) is 0 Å². The zero-order chi connectivity index (χ0) is 16.7. The number of aromatic carboxylic acids is 1. The number of hydrogen-bond acceptors (Lipinski definition) is 6. The molecule has 0 aromatic carbocycles. The number of amides is 2. The third kappa shape index (κ3) is 2.30. The van der Waals surface area contributed by atoms with Crippen molar-refractivity contribution < 1.29 is 14.7 Å². The van der Waals surface area contributed by atoms with Crippen LogP contribution in [0, 0.1) is 0 Å². The lowest BCUT2D eigenvalue weighted by Gasteiger charge is -2.35. The molecule has 9 heteroatoms. The van der Waals surface area contributed by atoms with Crippen molar-refractivity contribution in [2.45, 2.75) is 12.5 Å². The first-order valence-electron chi connectivity index (χ1n) is 7.50. The van der Waals surface area contributed by atoms with Crippen LogP contribution in [-0.2, 0) is 0 Å². The Kier molecular flexibility index (Phi) is 3.26. The molecule has 2 amide bonds. The molecule has 2 aliphatic heterocycles. The quantitative estimate of drug-likeness (QED) is 0.853. The van der Waals surface area contributed by atoms with Crippen molar-refractivity contribution in [2.75, 3.05) is 28.2 Å². The predicted octanol–water partition coefficient (Wildman–Crippen LogP) is 1.20. The van der Waals surface area contributed by atoms with Crippen molar-refractivity contribution >= 4 is 29.3 Å². The fourth-order valence-corrected chi connectivity index (χ4v) is 3.08. The first-order valence-corrected chi connectivity index (χ1v) is 7.50. The largest absolute Gasteiger partial charge is 0.475 e. The Bertz CT molecular complexity index is 812. The monoisotopic (exact) mass is 326 g/mol. The number of rotatable bonds is 2. The number of nitrogens with zero attached hydrogens (tertiary/aromatic N) is 5. The Labute approximate surface area is 137 Å². The first-order chi connectivity index (χ1) is 11.6. The maximum Gasteiger partial charge on any atom is 0.374 e. The highest BCUT2D eigenvalue weighted by Gasteiger charge is 2.41. The van der Waals surface area contributed by atoms with E-state index in [4.69, 9.17) is 5.11 Å². The lowest BCUT2D eigenvalue weighted by Crippen LogP contribution is -2.48. The fraction of sp³-hybridized carbons (Fsp3) is 0.267. The molecule has 2 aliphatic rings. The van der Waals surface area contributed by atoms with Crippen LogP contribution in [0.2, 0.25) is 0 Å². The molecule has 1 atom stereocenters. The molecule has 2 N–H and O–H groups in total. The third-order valence-electron chi connectivity index (χ3n) is 4.16. The number of carbonyl (C=O) groups is 2. The normalized spacial score (nSPS) is 18.2. The molecular weight excluding hydrogens is 312 g/mol. The van der Waals surface area contributed by atoms with Crippen LogP contribution in [0.1, 0.15) is 17.0 Å². The van der Waals surface area contributed by atoms with Crippen LogP contribution in [0.4, 0.5) is 22.1 Å². The number of urea groups is 1. The van der Waals surface area contributed by atoms with Crippen molar-refractivity contribution in [1.82, 2.24) is 15.0 Å². The number of pyridine rings is 1. The molecule has 24 heavy (non-hydrogen) atoms. The zero-order valence-electron chi connectivity index (χ0n) is 12.6. The number of carboxylic acid groups (broad SMARTS) is 1. The highest BCUT2D eigenvalue weighted by Crippen LogP contribution is 2.38. The summed E-state index contributed by atoms with van der Waals surface area (Å²) in [6, 6.07) is 4.78. The van der Waals surface area contributed by atoms with E-state index in [9.17, 15) is 9.59 Å². The van der Waals surface area contributed by atoms with Gasteiger partial charge in [0.25, 0.3) is 0 Å². The van der Waals surface area contributed by atoms with Crippen LogP contribution in [0.5, 0.6) is 0 Å². The van der Waals surface area contributed by atoms with Crippen LogP contribution >= 0.6 is 0 Å². The topological polar surface area (TPSA) is 112 Å². The lowest BCUT2D eigenvalue weighted by molar-refractivity contribution is 0.0683. The SMILES string of the molecule is O=C(O)c1ncc2c(n1)N(C(=O)Nc1ccccn1)[C@H]1CCN2C1. The second-order valence-corrected chi connectivity index (χ2v) is 5.61. The number of aromatic nitrogens is 3. The number of carbonyl (C=O) groups excluding carboxylic acids is 1. The minimum absolute atomic E-state index is 0.0576. The Hall–Kier alpha value is -3.23. The summed E-state index contributed by atoms with van der Waals surface area (Å²) in [4.78, 5) is 39.5. The molecular formula is C15H14N6O3. The molecule has 4 rings (SSSR count). The summed E-state index contributed by atoms with van der Waals surface area (Å²) in [6.07, 6.45) is 3.84. The number of carboxylic acids is 1. The van der Waals surface area contributed by atoms with Crippen LogP contribution in [0.25, 0.3) is 0 Å². The summed E-state index contributed by atoms with van der Waals surface area (Å²) in [5.41, 5.74) is 0.671. The van der Waals surface area contributed by atoms with Gasteiger partial charge < -0.3 is 10.0 Å². The van der Waals surface area contributed by atoms with Gasteiger partial charge in [-0.25, -0.2) is 24.5 Å². The van der Waals surface area contributed by atoms with Gasteiger partial charge in [-0.3, -0.25) is 10.2 Å². The van der Waals surface area contributed by atoms with E-state index in [-0.39, 0.29) is 17.9 Å². The summed E-state index contributed by atoms with van der Waals surface area (Å²) in [5.74, 6) is -0.802. The van der Waals surface area contributed by atoms with Crippen molar-refractivity contribution in [3.05, 3.63) is 36.4 Å². The molecule has 1 fully saturated rings. The fourth-order valence-electron chi connectivity index (χ4n) is 3.08. The molecule has 1 saturated heterocycles. The molecule has 2 bridgehead atoms. The molecule has 9 nitrogen and oxygen atoms in total. The number of hydrogen-bond donors (Lipinski definition) is 2. The van der Waals surface area contributed by atoms with Crippen LogP contribution in [0.15, 0.2) is 30.6 Å². The summed E-state index contributed by atoms with van der Waals surface area (Å²) in [5, 5.41) is 11.9.